The van der Waals surface area contributed by atoms with Crippen molar-refractivity contribution in [2.45, 2.75) is 30.7 Å². The van der Waals surface area contributed by atoms with Gasteiger partial charge in [-0.25, -0.2) is 12.7 Å². The molecule has 0 radical (unpaired) electrons. The van der Waals surface area contributed by atoms with E-state index in [4.69, 9.17) is 0 Å². The summed E-state index contributed by atoms with van der Waals surface area (Å²) in [6, 6.07) is 15.4. The first-order valence-electron chi connectivity index (χ1n) is 10.1. The van der Waals surface area contributed by atoms with E-state index < -0.39 is 22.0 Å². The number of piperazine rings is 1. The first-order chi connectivity index (χ1) is 14.4. The highest BCUT2D eigenvalue weighted by Crippen LogP contribution is 2.29. The van der Waals surface area contributed by atoms with Gasteiger partial charge in [-0.2, -0.15) is 0 Å². The second-order valence-corrected chi connectivity index (χ2v) is 9.52. The van der Waals surface area contributed by atoms with Crippen LogP contribution >= 0.6 is 0 Å². The summed E-state index contributed by atoms with van der Waals surface area (Å²) in [5.41, 5.74) is 2.02. The van der Waals surface area contributed by atoms with Crippen molar-refractivity contribution in [2.75, 3.05) is 31.1 Å². The molecule has 0 unspecified atom stereocenters. The third kappa shape index (κ3) is 3.79. The van der Waals surface area contributed by atoms with Crippen LogP contribution in [0.25, 0.3) is 0 Å². The van der Waals surface area contributed by atoms with Crippen LogP contribution in [-0.2, 0) is 19.6 Å². The molecule has 2 aromatic rings. The molecule has 2 aromatic carbocycles. The third-order valence-corrected chi connectivity index (χ3v) is 7.58. The summed E-state index contributed by atoms with van der Waals surface area (Å²) in [5.74, 6) is -0.805. The summed E-state index contributed by atoms with van der Waals surface area (Å²) in [6.07, 6.45) is 0.285. The second kappa shape index (κ2) is 8.10. The van der Waals surface area contributed by atoms with Crippen LogP contribution in [0.1, 0.15) is 18.4 Å². The molecule has 2 amide bonds. The molecule has 4 rings (SSSR count). The molecule has 2 aliphatic heterocycles. The number of sulfonamides is 1. The predicted octanol–water partition coefficient (Wildman–Crippen LogP) is 2.02. The molecule has 158 valence electrons. The Morgan fingerprint density at radius 1 is 0.933 bits per heavy atom. The number of hydrogen-bond donors (Lipinski definition) is 0. The van der Waals surface area contributed by atoms with E-state index in [9.17, 15) is 18.0 Å². The summed E-state index contributed by atoms with van der Waals surface area (Å²) in [4.78, 5) is 29.6. The van der Waals surface area contributed by atoms with E-state index in [1.807, 2.05) is 37.3 Å². The van der Waals surface area contributed by atoms with E-state index in [2.05, 4.69) is 4.90 Å². The van der Waals surface area contributed by atoms with Gasteiger partial charge in [-0.15, -0.1) is 0 Å². The number of benzene rings is 2. The van der Waals surface area contributed by atoms with Crippen molar-refractivity contribution in [3.8, 4) is 0 Å². The Hall–Kier alpha value is -2.87. The number of nitrogens with zero attached hydrogens (tertiary/aromatic N) is 3. The number of rotatable bonds is 4. The highest BCUT2D eigenvalue weighted by atomic mass is 32.2. The van der Waals surface area contributed by atoms with Gasteiger partial charge < -0.3 is 9.80 Å². The van der Waals surface area contributed by atoms with Crippen LogP contribution in [0.4, 0.5) is 5.69 Å². The largest absolute Gasteiger partial charge is 0.368 e. The lowest BCUT2D eigenvalue weighted by atomic mass is 10.1. The maximum atomic E-state index is 13.2. The van der Waals surface area contributed by atoms with Gasteiger partial charge in [0.25, 0.3) is 10.0 Å². The molecule has 7 nitrogen and oxygen atoms in total. The number of anilines is 1. The molecule has 2 fully saturated rings. The fourth-order valence-electron chi connectivity index (χ4n) is 4.05. The number of carbonyl (C=O) groups is 2. The molecule has 0 N–H and O–H groups in total. The fraction of sp³-hybridized carbons (Fsp3) is 0.364. The van der Waals surface area contributed by atoms with Crippen LogP contribution in [-0.4, -0.2) is 61.7 Å². The molecule has 1 atom stereocenters. The Kier molecular flexibility index (Phi) is 5.51. The Morgan fingerprint density at radius 2 is 1.57 bits per heavy atom. The van der Waals surface area contributed by atoms with E-state index in [1.165, 1.54) is 12.1 Å². The summed E-state index contributed by atoms with van der Waals surface area (Å²) in [6.45, 7) is 4.19. The van der Waals surface area contributed by atoms with E-state index in [-0.39, 0.29) is 23.6 Å². The molecule has 2 aliphatic rings. The zero-order chi connectivity index (χ0) is 21.3. The van der Waals surface area contributed by atoms with Gasteiger partial charge >= 0.3 is 0 Å². The molecule has 2 heterocycles. The SMILES string of the molecule is Cc1ccc(S(=O)(=O)N2C(=O)CC[C@H]2C(=O)N2CCN(c3ccccc3)CC2)cc1. The van der Waals surface area contributed by atoms with Gasteiger partial charge in [0.2, 0.25) is 11.8 Å². The number of aryl methyl sites for hydroxylation is 1. The van der Waals surface area contributed by atoms with E-state index in [0.717, 1.165) is 15.6 Å². The molecule has 0 bridgehead atoms. The third-order valence-electron chi connectivity index (χ3n) is 5.74. The summed E-state index contributed by atoms with van der Waals surface area (Å²) >= 11 is 0. The summed E-state index contributed by atoms with van der Waals surface area (Å²) < 4.78 is 27.0. The molecule has 0 aliphatic carbocycles. The van der Waals surface area contributed by atoms with Crippen molar-refractivity contribution in [3.63, 3.8) is 0 Å². The molecular weight excluding hydrogens is 402 g/mol. The van der Waals surface area contributed by atoms with Gasteiger partial charge in [0, 0.05) is 38.3 Å². The Balaban J connectivity index is 1.49. The summed E-state index contributed by atoms with van der Waals surface area (Å²) in [7, 11) is -4.07. The smallest absolute Gasteiger partial charge is 0.267 e. The fourth-order valence-corrected chi connectivity index (χ4v) is 5.64. The van der Waals surface area contributed by atoms with Crippen molar-refractivity contribution >= 4 is 27.5 Å². The minimum absolute atomic E-state index is 0.0371. The monoisotopic (exact) mass is 427 g/mol. The lowest BCUT2D eigenvalue weighted by Gasteiger charge is -2.38. The molecule has 8 heteroatoms. The zero-order valence-corrected chi connectivity index (χ0v) is 17.7. The highest BCUT2D eigenvalue weighted by molar-refractivity contribution is 7.89. The number of hydrogen-bond acceptors (Lipinski definition) is 5. The van der Waals surface area contributed by atoms with Crippen LogP contribution in [0.3, 0.4) is 0 Å². The highest BCUT2D eigenvalue weighted by Gasteiger charge is 2.45. The van der Waals surface area contributed by atoms with Gasteiger partial charge in [-0.1, -0.05) is 35.9 Å². The first kappa shape index (κ1) is 20.4. The number of amides is 2. The van der Waals surface area contributed by atoms with Crippen molar-refractivity contribution in [3.05, 3.63) is 60.2 Å². The summed E-state index contributed by atoms with van der Waals surface area (Å²) in [5, 5.41) is 0. The predicted molar refractivity (Wildman–Crippen MR) is 113 cm³/mol. The van der Waals surface area contributed by atoms with E-state index in [0.29, 0.717) is 26.2 Å². The Bertz CT molecular complexity index is 1030. The van der Waals surface area contributed by atoms with Crippen molar-refractivity contribution < 1.29 is 18.0 Å². The molecule has 0 spiro atoms. The second-order valence-electron chi connectivity index (χ2n) is 7.71. The maximum Gasteiger partial charge on any atom is 0.267 e. The molecule has 2 saturated heterocycles. The maximum absolute atomic E-state index is 13.2. The van der Waals surface area contributed by atoms with Gasteiger partial charge in [0.1, 0.15) is 6.04 Å². The lowest BCUT2D eigenvalue weighted by Crippen LogP contribution is -2.55. The van der Waals surface area contributed by atoms with E-state index >= 15 is 0 Å². The minimum Gasteiger partial charge on any atom is -0.368 e. The molecule has 0 saturated carbocycles. The van der Waals surface area contributed by atoms with Crippen LogP contribution in [0.5, 0.6) is 0 Å². The van der Waals surface area contributed by atoms with Gasteiger partial charge in [0.05, 0.1) is 4.90 Å². The van der Waals surface area contributed by atoms with Crippen LogP contribution < -0.4 is 4.90 Å². The van der Waals surface area contributed by atoms with E-state index in [1.54, 1.807) is 17.0 Å². The zero-order valence-electron chi connectivity index (χ0n) is 16.9. The Morgan fingerprint density at radius 3 is 2.20 bits per heavy atom. The standard InChI is InChI=1S/C22H25N3O4S/c1-17-7-9-19(10-8-17)30(28,29)25-20(11-12-21(25)26)22(27)24-15-13-23(14-16-24)18-5-3-2-4-6-18/h2-10,20H,11-16H2,1H3/t20-/m0/s1. The Labute approximate surface area is 176 Å². The van der Waals surface area contributed by atoms with Gasteiger partial charge in [-0.05, 0) is 37.6 Å². The van der Waals surface area contributed by atoms with Crippen LogP contribution in [0.15, 0.2) is 59.5 Å². The van der Waals surface area contributed by atoms with Crippen molar-refractivity contribution in [1.29, 1.82) is 0 Å². The normalized spacial score (nSPS) is 20.0. The average molecular weight is 428 g/mol. The molecular formula is C22H25N3O4S. The van der Waals surface area contributed by atoms with Crippen LogP contribution in [0.2, 0.25) is 0 Å². The van der Waals surface area contributed by atoms with Gasteiger partial charge in [-0.3, -0.25) is 9.59 Å². The van der Waals surface area contributed by atoms with Gasteiger partial charge in [0.15, 0.2) is 0 Å². The molecule has 0 aromatic heterocycles. The number of carbonyl (C=O) groups excluding carboxylic acids is 2. The number of para-hydroxylation sites is 1. The van der Waals surface area contributed by atoms with Crippen molar-refractivity contribution in [1.82, 2.24) is 9.21 Å². The average Bonchev–Trinajstić information content (AvgIpc) is 3.16. The molecule has 30 heavy (non-hydrogen) atoms. The van der Waals surface area contributed by atoms with Crippen LogP contribution in [0, 0.1) is 6.92 Å². The first-order valence-corrected chi connectivity index (χ1v) is 11.5. The topological polar surface area (TPSA) is 78.0 Å². The minimum atomic E-state index is -4.07. The lowest BCUT2D eigenvalue weighted by molar-refractivity contribution is -0.138. The quantitative estimate of drug-likeness (QED) is 0.746. The van der Waals surface area contributed by atoms with Crippen molar-refractivity contribution in [2.24, 2.45) is 0 Å².